The molecule has 156 valence electrons. The van der Waals surface area contributed by atoms with Gasteiger partial charge in [0.05, 0.1) is 31.6 Å². The highest BCUT2D eigenvalue weighted by molar-refractivity contribution is 7.14. The third-order valence-corrected chi connectivity index (χ3v) is 6.18. The van der Waals surface area contributed by atoms with Crippen molar-refractivity contribution in [2.45, 2.75) is 26.3 Å². The van der Waals surface area contributed by atoms with Crippen LogP contribution in [0.15, 0.2) is 10.2 Å². The molecule has 0 amide bonds. The van der Waals surface area contributed by atoms with Gasteiger partial charge in [-0.2, -0.15) is 5.10 Å². The Bertz CT molecular complexity index is 1070. The van der Waals surface area contributed by atoms with Crippen LogP contribution in [-0.2, 0) is 16.5 Å². The third kappa shape index (κ3) is 3.56. The normalized spacial score (nSPS) is 15.9. The van der Waals surface area contributed by atoms with Gasteiger partial charge >= 0.3 is 0 Å². The lowest BCUT2D eigenvalue weighted by Gasteiger charge is -2.26. The van der Waals surface area contributed by atoms with Crippen molar-refractivity contribution in [2.75, 3.05) is 44.9 Å². The van der Waals surface area contributed by atoms with Crippen LogP contribution in [0.3, 0.4) is 0 Å². The van der Waals surface area contributed by atoms with E-state index in [0.717, 1.165) is 30.3 Å². The van der Waals surface area contributed by atoms with E-state index in [1.165, 1.54) is 0 Å². The van der Waals surface area contributed by atoms with Crippen molar-refractivity contribution in [3.8, 4) is 11.5 Å². The highest BCUT2D eigenvalue weighted by Gasteiger charge is 2.23. The quantitative estimate of drug-likeness (QED) is 0.605. The molecule has 0 radical (unpaired) electrons. The highest BCUT2D eigenvalue weighted by Crippen LogP contribution is 2.28. The number of hydrogen-bond donors (Lipinski definition) is 0. The molecule has 9 nitrogen and oxygen atoms in total. The van der Waals surface area contributed by atoms with E-state index in [2.05, 4.69) is 16.9 Å². The maximum Gasteiger partial charge on any atom is 0.279 e. The molecule has 1 saturated heterocycles. The molecular weight excluding hydrogens is 392 g/mol. The van der Waals surface area contributed by atoms with Crippen molar-refractivity contribution < 1.29 is 9.47 Å². The summed E-state index contributed by atoms with van der Waals surface area (Å²) in [5, 5.41) is 7.50. The van der Waals surface area contributed by atoms with Crippen LogP contribution in [0.1, 0.15) is 25.1 Å². The molecule has 4 rings (SSSR count). The van der Waals surface area contributed by atoms with Crippen molar-refractivity contribution in [3.05, 3.63) is 21.4 Å². The Balaban J connectivity index is 1.79. The standard InChI is InChI=1S/C19H26N6O3S/c1-5-13(10-27-4)25-16-15(12(2)22-25)21-17(23(3)18(16)26)14-11-29-19(20-14)24-6-8-28-9-7-24/h11,13H,5-10H2,1-4H3. The predicted molar refractivity (Wildman–Crippen MR) is 113 cm³/mol. The van der Waals surface area contributed by atoms with Gasteiger partial charge in [-0.25, -0.2) is 9.97 Å². The van der Waals surface area contributed by atoms with Gasteiger partial charge in [-0.1, -0.05) is 6.92 Å². The van der Waals surface area contributed by atoms with Crippen LogP contribution in [0.4, 0.5) is 5.13 Å². The van der Waals surface area contributed by atoms with Crippen molar-refractivity contribution in [3.63, 3.8) is 0 Å². The largest absolute Gasteiger partial charge is 0.382 e. The molecule has 1 atom stereocenters. The average molecular weight is 419 g/mol. The monoisotopic (exact) mass is 418 g/mol. The number of thiazole rings is 1. The maximum absolute atomic E-state index is 13.3. The van der Waals surface area contributed by atoms with Crippen molar-refractivity contribution in [1.29, 1.82) is 0 Å². The Labute approximate surface area is 172 Å². The number of morpholine rings is 1. The lowest BCUT2D eigenvalue weighted by atomic mass is 10.2. The van der Waals surface area contributed by atoms with Gasteiger partial charge in [-0.05, 0) is 13.3 Å². The fourth-order valence-corrected chi connectivity index (χ4v) is 4.48. The zero-order valence-electron chi connectivity index (χ0n) is 17.2. The molecular formula is C19H26N6O3S. The Morgan fingerprint density at radius 3 is 2.76 bits per heavy atom. The topological polar surface area (TPSA) is 87.3 Å². The van der Waals surface area contributed by atoms with E-state index in [-0.39, 0.29) is 11.6 Å². The molecule has 0 aromatic carbocycles. The lowest BCUT2D eigenvalue weighted by molar-refractivity contribution is 0.122. The molecule has 0 saturated carbocycles. The van der Waals surface area contributed by atoms with Gasteiger partial charge in [0.1, 0.15) is 11.2 Å². The van der Waals surface area contributed by atoms with Crippen molar-refractivity contribution in [1.82, 2.24) is 24.3 Å². The number of methoxy groups -OCH3 is 1. The second-order valence-electron chi connectivity index (χ2n) is 7.16. The van der Waals surface area contributed by atoms with Crippen LogP contribution < -0.4 is 10.5 Å². The molecule has 3 aromatic heterocycles. The van der Waals surface area contributed by atoms with Crippen LogP contribution in [0, 0.1) is 6.92 Å². The van der Waals surface area contributed by atoms with Gasteiger partial charge in [-0.3, -0.25) is 14.0 Å². The van der Waals surface area contributed by atoms with E-state index in [1.807, 2.05) is 12.3 Å². The second-order valence-corrected chi connectivity index (χ2v) is 8.00. The summed E-state index contributed by atoms with van der Waals surface area (Å²) in [5.74, 6) is 0.556. The molecule has 0 aliphatic carbocycles. The third-order valence-electron chi connectivity index (χ3n) is 5.28. The Morgan fingerprint density at radius 2 is 2.07 bits per heavy atom. The molecule has 1 aliphatic heterocycles. The van der Waals surface area contributed by atoms with Crippen molar-refractivity contribution >= 4 is 27.5 Å². The zero-order chi connectivity index (χ0) is 20.5. The van der Waals surface area contributed by atoms with Gasteiger partial charge in [-0.15, -0.1) is 11.3 Å². The average Bonchev–Trinajstić information content (AvgIpc) is 3.35. The van der Waals surface area contributed by atoms with Crippen molar-refractivity contribution in [2.24, 2.45) is 7.05 Å². The molecule has 10 heteroatoms. The summed E-state index contributed by atoms with van der Waals surface area (Å²) in [6, 6.07) is -0.0104. The molecule has 1 aliphatic rings. The minimum absolute atomic E-state index is 0.0104. The molecule has 0 bridgehead atoms. The predicted octanol–water partition coefficient (Wildman–Crippen LogP) is 2.00. The fraction of sp³-hybridized carbons (Fsp3) is 0.579. The molecule has 3 aromatic rings. The fourth-order valence-electron chi connectivity index (χ4n) is 3.62. The van der Waals surface area contributed by atoms with Gasteiger partial charge in [0.2, 0.25) is 0 Å². The zero-order valence-corrected chi connectivity index (χ0v) is 18.0. The SMILES string of the molecule is CCC(COC)n1nc(C)c2nc(-c3csc(N4CCOCC4)n3)n(C)c(=O)c21. The molecule has 1 fully saturated rings. The minimum Gasteiger partial charge on any atom is -0.382 e. The summed E-state index contributed by atoms with van der Waals surface area (Å²) >= 11 is 1.56. The first-order valence-electron chi connectivity index (χ1n) is 9.78. The number of aromatic nitrogens is 5. The summed E-state index contributed by atoms with van der Waals surface area (Å²) in [6.07, 6.45) is 0.809. The summed E-state index contributed by atoms with van der Waals surface area (Å²) in [4.78, 5) is 25.0. The van der Waals surface area contributed by atoms with Crippen LogP contribution in [0.5, 0.6) is 0 Å². The Morgan fingerprint density at radius 1 is 1.31 bits per heavy atom. The van der Waals surface area contributed by atoms with E-state index in [4.69, 9.17) is 19.4 Å². The molecule has 4 heterocycles. The highest BCUT2D eigenvalue weighted by atomic mass is 32.1. The first-order chi connectivity index (χ1) is 14.0. The first kappa shape index (κ1) is 20.0. The first-order valence-corrected chi connectivity index (χ1v) is 10.7. The summed E-state index contributed by atoms with van der Waals surface area (Å²) in [6.45, 7) is 7.49. The van der Waals surface area contributed by atoms with Crippen LogP contribution in [0.25, 0.3) is 22.6 Å². The van der Waals surface area contributed by atoms with Crippen LogP contribution in [-0.4, -0.2) is 64.3 Å². The van der Waals surface area contributed by atoms with Gasteiger partial charge in [0, 0.05) is 32.6 Å². The Hall–Kier alpha value is -2.30. The second kappa shape index (κ2) is 8.21. The number of ether oxygens (including phenoxy) is 2. The number of fused-ring (bicyclic) bond motifs is 1. The number of nitrogens with zero attached hydrogens (tertiary/aromatic N) is 6. The molecule has 29 heavy (non-hydrogen) atoms. The smallest absolute Gasteiger partial charge is 0.279 e. The summed E-state index contributed by atoms with van der Waals surface area (Å²) < 4.78 is 14.1. The summed E-state index contributed by atoms with van der Waals surface area (Å²) in [7, 11) is 3.39. The molecule has 0 spiro atoms. The van der Waals surface area contributed by atoms with Crippen LogP contribution in [0.2, 0.25) is 0 Å². The number of hydrogen-bond acceptors (Lipinski definition) is 8. The minimum atomic E-state index is -0.124. The van der Waals surface area contributed by atoms with Gasteiger partial charge in [0.15, 0.2) is 16.5 Å². The number of aryl methyl sites for hydroxylation is 1. The van der Waals surface area contributed by atoms with E-state index >= 15 is 0 Å². The van der Waals surface area contributed by atoms with Gasteiger partial charge in [0.25, 0.3) is 5.56 Å². The maximum atomic E-state index is 13.3. The van der Waals surface area contributed by atoms with E-state index < -0.39 is 0 Å². The number of rotatable bonds is 6. The lowest BCUT2D eigenvalue weighted by Crippen LogP contribution is -2.36. The van der Waals surface area contributed by atoms with E-state index in [1.54, 1.807) is 34.7 Å². The van der Waals surface area contributed by atoms with Crippen LogP contribution >= 0.6 is 11.3 Å². The summed E-state index contributed by atoms with van der Waals surface area (Å²) in [5.41, 5.74) is 2.45. The van der Waals surface area contributed by atoms with E-state index in [9.17, 15) is 4.79 Å². The van der Waals surface area contributed by atoms with Gasteiger partial charge < -0.3 is 14.4 Å². The number of anilines is 1. The Kier molecular flexibility index (Phi) is 5.66. The van der Waals surface area contributed by atoms with E-state index in [0.29, 0.717) is 42.4 Å². The molecule has 0 N–H and O–H groups in total. The molecule has 1 unspecified atom stereocenters.